The second-order valence-corrected chi connectivity index (χ2v) is 4.99. The van der Waals surface area contributed by atoms with Gasteiger partial charge in [-0.2, -0.15) is 0 Å². The smallest absolute Gasteiger partial charge is 0.122 e. The van der Waals surface area contributed by atoms with Crippen LogP contribution in [0.15, 0.2) is 12.1 Å². The van der Waals surface area contributed by atoms with E-state index in [9.17, 15) is 0 Å². The van der Waals surface area contributed by atoms with Crippen LogP contribution in [0.5, 0.6) is 5.75 Å². The summed E-state index contributed by atoms with van der Waals surface area (Å²) in [5.74, 6) is 1.38. The fraction of sp³-hybridized carbons (Fsp3) is 0.500. The van der Waals surface area contributed by atoms with Gasteiger partial charge in [-0.15, -0.1) is 0 Å². The van der Waals surface area contributed by atoms with Crippen molar-refractivity contribution in [1.29, 1.82) is 0 Å². The molecule has 0 saturated carbocycles. The number of alkyl halides is 1. The van der Waals surface area contributed by atoms with E-state index < -0.39 is 0 Å². The second kappa shape index (κ2) is 4.99. The lowest BCUT2D eigenvalue weighted by molar-refractivity contribution is 0.407. The first-order valence-electron chi connectivity index (χ1n) is 5.05. The summed E-state index contributed by atoms with van der Waals surface area (Å²) in [6, 6.07) is 4.17. The van der Waals surface area contributed by atoms with Gasteiger partial charge in [-0.25, -0.2) is 0 Å². The number of methoxy groups -OCH3 is 1. The molecule has 0 spiro atoms. The van der Waals surface area contributed by atoms with Gasteiger partial charge in [0, 0.05) is 0 Å². The third-order valence-corrected chi connectivity index (χ3v) is 3.03. The zero-order valence-electron chi connectivity index (χ0n) is 9.67. The van der Waals surface area contributed by atoms with Gasteiger partial charge >= 0.3 is 0 Å². The molecule has 1 aromatic rings. The standard InChI is InChI=1S/C12H18BrNO/c1-7(2)9-6-10(12(13)14)8(3)5-11(9)15-4/h5-7,12H,14H2,1-4H3. The maximum absolute atomic E-state index is 5.85. The average Bonchev–Trinajstić information content (AvgIpc) is 2.16. The fourth-order valence-corrected chi connectivity index (χ4v) is 2.13. The van der Waals surface area contributed by atoms with Crippen molar-refractivity contribution in [1.82, 2.24) is 0 Å². The zero-order chi connectivity index (χ0) is 11.6. The van der Waals surface area contributed by atoms with Crippen LogP contribution in [-0.2, 0) is 0 Å². The Morgan fingerprint density at radius 3 is 2.27 bits per heavy atom. The molecule has 84 valence electrons. The van der Waals surface area contributed by atoms with E-state index in [1.807, 2.05) is 13.0 Å². The number of aryl methyl sites for hydroxylation is 1. The van der Waals surface area contributed by atoms with Crippen LogP contribution in [0.2, 0.25) is 0 Å². The Bertz CT molecular complexity index is 348. The van der Waals surface area contributed by atoms with Crippen LogP contribution in [0.25, 0.3) is 0 Å². The molecule has 0 amide bonds. The van der Waals surface area contributed by atoms with Gasteiger partial charge in [0.2, 0.25) is 0 Å². The lowest BCUT2D eigenvalue weighted by Gasteiger charge is -2.17. The van der Waals surface area contributed by atoms with Gasteiger partial charge < -0.3 is 10.5 Å². The van der Waals surface area contributed by atoms with Gasteiger partial charge in [0.05, 0.1) is 12.1 Å². The molecule has 2 N–H and O–H groups in total. The van der Waals surface area contributed by atoms with Crippen molar-refractivity contribution in [3.63, 3.8) is 0 Å². The summed E-state index contributed by atoms with van der Waals surface area (Å²) in [4.78, 5) is -0.110. The molecule has 3 heteroatoms. The van der Waals surface area contributed by atoms with E-state index in [-0.39, 0.29) is 4.95 Å². The van der Waals surface area contributed by atoms with Crippen molar-refractivity contribution in [2.75, 3.05) is 7.11 Å². The van der Waals surface area contributed by atoms with Crippen molar-refractivity contribution in [3.05, 3.63) is 28.8 Å². The molecule has 0 radical (unpaired) electrons. The second-order valence-electron chi connectivity index (χ2n) is 4.01. The van der Waals surface area contributed by atoms with Crippen LogP contribution in [0, 0.1) is 6.92 Å². The van der Waals surface area contributed by atoms with Crippen LogP contribution in [0.4, 0.5) is 0 Å². The van der Waals surface area contributed by atoms with E-state index >= 15 is 0 Å². The normalized spacial score (nSPS) is 13.0. The van der Waals surface area contributed by atoms with Crippen LogP contribution in [0.3, 0.4) is 0 Å². The van der Waals surface area contributed by atoms with E-state index in [0.717, 1.165) is 16.9 Å². The Hall–Kier alpha value is -0.540. The van der Waals surface area contributed by atoms with Crippen LogP contribution < -0.4 is 10.5 Å². The monoisotopic (exact) mass is 271 g/mol. The molecular formula is C12H18BrNO. The number of rotatable bonds is 3. The first kappa shape index (κ1) is 12.5. The van der Waals surface area contributed by atoms with Crippen molar-refractivity contribution in [3.8, 4) is 5.75 Å². The van der Waals surface area contributed by atoms with Crippen molar-refractivity contribution >= 4 is 15.9 Å². The Morgan fingerprint density at radius 1 is 1.27 bits per heavy atom. The molecule has 15 heavy (non-hydrogen) atoms. The highest BCUT2D eigenvalue weighted by Gasteiger charge is 2.13. The molecule has 1 unspecified atom stereocenters. The third kappa shape index (κ3) is 2.73. The van der Waals surface area contributed by atoms with Gasteiger partial charge in [-0.3, -0.25) is 0 Å². The van der Waals surface area contributed by atoms with Gasteiger partial charge in [-0.1, -0.05) is 29.8 Å². The molecule has 1 atom stereocenters. The van der Waals surface area contributed by atoms with Crippen molar-refractivity contribution in [2.45, 2.75) is 31.6 Å². The summed E-state index contributed by atoms with van der Waals surface area (Å²) in [5.41, 5.74) is 9.33. The minimum atomic E-state index is -0.110. The number of benzene rings is 1. The van der Waals surface area contributed by atoms with E-state index in [2.05, 4.69) is 35.8 Å². The zero-order valence-corrected chi connectivity index (χ0v) is 11.3. The fourth-order valence-electron chi connectivity index (χ4n) is 1.64. The number of halogens is 1. The van der Waals surface area contributed by atoms with E-state index in [0.29, 0.717) is 5.92 Å². The maximum Gasteiger partial charge on any atom is 0.122 e. The summed E-state index contributed by atoms with van der Waals surface area (Å²) in [6.45, 7) is 6.34. The molecular weight excluding hydrogens is 254 g/mol. The summed E-state index contributed by atoms with van der Waals surface area (Å²) >= 11 is 3.40. The SMILES string of the molecule is COc1cc(C)c(C(N)Br)cc1C(C)C. The quantitative estimate of drug-likeness (QED) is 0.675. The molecule has 1 rings (SSSR count). The summed E-state index contributed by atoms with van der Waals surface area (Å²) in [7, 11) is 1.70. The molecule has 0 aliphatic carbocycles. The Balaban J connectivity index is 3.30. The molecule has 2 nitrogen and oxygen atoms in total. The molecule has 0 heterocycles. The highest BCUT2D eigenvalue weighted by Crippen LogP contribution is 2.32. The van der Waals surface area contributed by atoms with E-state index in [1.54, 1.807) is 7.11 Å². The van der Waals surface area contributed by atoms with Crippen LogP contribution in [0.1, 0.15) is 41.4 Å². The Kier molecular flexibility index (Phi) is 4.17. The molecule has 0 aliphatic heterocycles. The highest BCUT2D eigenvalue weighted by atomic mass is 79.9. The first-order chi connectivity index (χ1) is 6.97. The lowest BCUT2D eigenvalue weighted by Crippen LogP contribution is -2.06. The first-order valence-corrected chi connectivity index (χ1v) is 5.97. The molecule has 0 aromatic heterocycles. The van der Waals surface area contributed by atoms with E-state index in [1.165, 1.54) is 5.56 Å². The number of hydrogen-bond acceptors (Lipinski definition) is 2. The highest BCUT2D eigenvalue weighted by molar-refractivity contribution is 9.09. The van der Waals surface area contributed by atoms with Gasteiger partial charge in [0.1, 0.15) is 5.75 Å². The minimum Gasteiger partial charge on any atom is -0.496 e. The molecule has 0 saturated heterocycles. The van der Waals surface area contributed by atoms with Crippen LogP contribution >= 0.6 is 15.9 Å². The largest absolute Gasteiger partial charge is 0.496 e. The lowest BCUT2D eigenvalue weighted by atomic mass is 9.96. The molecule has 1 aromatic carbocycles. The number of ether oxygens (including phenoxy) is 1. The number of hydrogen-bond donors (Lipinski definition) is 1. The minimum absolute atomic E-state index is 0.110. The topological polar surface area (TPSA) is 35.2 Å². The van der Waals surface area contributed by atoms with Gasteiger partial charge in [0.15, 0.2) is 0 Å². The van der Waals surface area contributed by atoms with Crippen molar-refractivity contribution < 1.29 is 4.74 Å². The predicted molar refractivity (Wildman–Crippen MR) is 67.7 cm³/mol. The molecule has 0 fully saturated rings. The van der Waals surface area contributed by atoms with Crippen molar-refractivity contribution in [2.24, 2.45) is 5.73 Å². The van der Waals surface area contributed by atoms with E-state index in [4.69, 9.17) is 10.5 Å². The average molecular weight is 272 g/mol. The Morgan fingerprint density at radius 2 is 1.87 bits per heavy atom. The molecule has 0 aliphatic rings. The summed E-state index contributed by atoms with van der Waals surface area (Å²) < 4.78 is 5.37. The van der Waals surface area contributed by atoms with Gasteiger partial charge in [0.25, 0.3) is 0 Å². The summed E-state index contributed by atoms with van der Waals surface area (Å²) in [5, 5.41) is 0. The maximum atomic E-state index is 5.85. The molecule has 0 bridgehead atoms. The van der Waals surface area contributed by atoms with Crippen LogP contribution in [-0.4, -0.2) is 7.11 Å². The Labute approximate surface area is 99.9 Å². The summed E-state index contributed by atoms with van der Waals surface area (Å²) in [6.07, 6.45) is 0. The third-order valence-electron chi connectivity index (χ3n) is 2.54. The van der Waals surface area contributed by atoms with Gasteiger partial charge in [-0.05, 0) is 41.7 Å². The predicted octanol–water partition coefficient (Wildman–Crippen LogP) is 3.48. The number of nitrogens with two attached hydrogens (primary N) is 1.